The summed E-state index contributed by atoms with van der Waals surface area (Å²) < 4.78 is 5.64. The summed E-state index contributed by atoms with van der Waals surface area (Å²) in [5.74, 6) is -5.21. The van der Waals surface area contributed by atoms with Gasteiger partial charge in [0.25, 0.3) is 11.8 Å². The predicted molar refractivity (Wildman–Crippen MR) is 189 cm³/mol. The van der Waals surface area contributed by atoms with Gasteiger partial charge in [-0.3, -0.25) is 29.0 Å². The molecule has 0 radical (unpaired) electrons. The van der Waals surface area contributed by atoms with Crippen molar-refractivity contribution in [3.05, 3.63) is 83.9 Å². The Morgan fingerprint density at radius 3 is 2.16 bits per heavy atom. The van der Waals surface area contributed by atoms with E-state index in [1.165, 1.54) is 18.0 Å². The van der Waals surface area contributed by atoms with E-state index in [-0.39, 0.29) is 36.9 Å². The summed E-state index contributed by atoms with van der Waals surface area (Å²) in [5.41, 5.74) is 3.78. The van der Waals surface area contributed by atoms with E-state index in [9.17, 15) is 24.3 Å². The van der Waals surface area contributed by atoms with Crippen molar-refractivity contribution >= 4 is 69.6 Å². The molecule has 3 aromatic rings. The highest BCUT2D eigenvalue weighted by Crippen LogP contribution is 2.65. The number of halogens is 2. The molecule has 3 aromatic carbocycles. The Bertz CT molecular complexity index is 1980. The smallest absolute Gasteiger partial charge is 0.253 e. The second-order valence-corrected chi connectivity index (χ2v) is 14.5. The molecule has 0 spiro atoms. The van der Waals surface area contributed by atoms with Crippen molar-refractivity contribution in [2.24, 2.45) is 28.0 Å². The van der Waals surface area contributed by atoms with E-state index >= 15 is 0 Å². The average Bonchev–Trinajstić information content (AvgIpc) is 3.43. The summed E-state index contributed by atoms with van der Waals surface area (Å²) >= 11 is 14.5. The fourth-order valence-electron chi connectivity index (χ4n) is 7.95. The van der Waals surface area contributed by atoms with E-state index in [4.69, 9.17) is 27.9 Å². The quantitative estimate of drug-likeness (QED) is 0.128. The Balaban J connectivity index is 1.22. The summed E-state index contributed by atoms with van der Waals surface area (Å²) in [6.07, 6.45) is 1.97. The fraction of sp³-hybridized carbons (Fsp3) is 0.351. The summed E-state index contributed by atoms with van der Waals surface area (Å²) in [6.45, 7) is 2.04. The average molecular weight is 717 g/mol. The molecule has 0 bridgehead atoms. The molecule has 13 heteroatoms. The first-order chi connectivity index (χ1) is 23.8. The van der Waals surface area contributed by atoms with Crippen LogP contribution in [0.3, 0.4) is 0 Å². The largest absolute Gasteiger partial charge is 0.504 e. The number of carbonyl (C=O) groups excluding carboxylic acids is 4. The van der Waals surface area contributed by atoms with Crippen molar-refractivity contribution in [3.8, 4) is 11.5 Å². The van der Waals surface area contributed by atoms with Crippen molar-refractivity contribution in [2.75, 3.05) is 37.5 Å². The maximum absolute atomic E-state index is 14.3. The van der Waals surface area contributed by atoms with Crippen molar-refractivity contribution in [2.45, 2.75) is 35.4 Å². The van der Waals surface area contributed by atoms with Gasteiger partial charge in [-0.1, -0.05) is 17.7 Å². The third-order valence-corrected chi connectivity index (χ3v) is 11.8. The maximum atomic E-state index is 14.3. The number of phenolic OH excluding ortho intramolecular Hbond substituents is 1. The molecule has 4 amide bonds. The Morgan fingerprint density at radius 2 is 1.54 bits per heavy atom. The lowest BCUT2D eigenvalue weighted by Gasteiger charge is -2.50. The number of likely N-dealkylation sites (tertiary alicyclic amines) is 1. The molecule has 6 atom stereocenters. The van der Waals surface area contributed by atoms with Crippen LogP contribution in [0, 0.1) is 17.8 Å². The number of phenols is 1. The molecular formula is C37H35Cl2N5O6. The molecule has 7 rings (SSSR count). The van der Waals surface area contributed by atoms with Gasteiger partial charge in [0.2, 0.25) is 11.8 Å². The first-order valence-corrected chi connectivity index (χ1v) is 17.1. The molecule has 0 unspecified atom stereocenters. The van der Waals surface area contributed by atoms with E-state index in [2.05, 4.69) is 10.2 Å². The molecule has 3 fully saturated rings. The SMILES string of the molecule is CCOc1cc([C@H]2C3=CC[C@@H]4C(=O)N(c5ccc(N=Nc6ccc(N(C)C)cc6)cc5)C(=O)[C@@H]4[C@@H]3C[C@@]3(Cl)C(=O)N(C)C(=O)[C@@]23Cl)ccc1O. The summed E-state index contributed by atoms with van der Waals surface area (Å²) in [5, 5.41) is 19.1. The topological polar surface area (TPSA) is 132 Å². The molecule has 11 nitrogen and oxygen atoms in total. The van der Waals surface area contributed by atoms with Crippen molar-refractivity contribution in [1.29, 1.82) is 0 Å². The molecule has 2 aliphatic carbocycles. The minimum absolute atomic E-state index is 0.106. The van der Waals surface area contributed by atoms with Crippen LogP contribution < -0.4 is 14.5 Å². The van der Waals surface area contributed by atoms with Crippen LogP contribution in [0.5, 0.6) is 11.5 Å². The van der Waals surface area contributed by atoms with Gasteiger partial charge in [-0.25, -0.2) is 0 Å². The molecule has 4 aliphatic rings. The van der Waals surface area contributed by atoms with Gasteiger partial charge in [-0.05, 0) is 91.9 Å². The number of hydrogen-bond donors (Lipinski definition) is 1. The van der Waals surface area contributed by atoms with Crippen LogP contribution in [0.4, 0.5) is 22.7 Å². The maximum Gasteiger partial charge on any atom is 0.253 e. The lowest BCUT2D eigenvalue weighted by Crippen LogP contribution is -2.60. The minimum atomic E-state index is -1.93. The number of nitrogens with zero attached hydrogens (tertiary/aromatic N) is 5. The second-order valence-electron chi connectivity index (χ2n) is 13.3. The molecule has 1 N–H and O–H groups in total. The molecule has 0 aromatic heterocycles. The Hall–Kier alpha value is -4.74. The second kappa shape index (κ2) is 12.2. The van der Waals surface area contributed by atoms with E-state index in [1.807, 2.05) is 49.3 Å². The van der Waals surface area contributed by atoms with Gasteiger partial charge in [-0.15, -0.1) is 23.2 Å². The van der Waals surface area contributed by atoms with Crippen molar-refractivity contribution < 1.29 is 29.0 Å². The number of fused-ring (bicyclic) bond motifs is 4. The number of benzene rings is 3. The van der Waals surface area contributed by atoms with Crippen molar-refractivity contribution in [3.63, 3.8) is 0 Å². The van der Waals surface area contributed by atoms with Gasteiger partial charge in [-0.2, -0.15) is 10.2 Å². The number of rotatable bonds is 7. The first-order valence-electron chi connectivity index (χ1n) is 16.3. The zero-order valence-electron chi connectivity index (χ0n) is 27.8. The number of anilines is 2. The number of carbonyl (C=O) groups is 4. The molecule has 2 aliphatic heterocycles. The van der Waals surface area contributed by atoms with Gasteiger partial charge >= 0.3 is 0 Å². The Labute approximate surface area is 299 Å². The zero-order valence-corrected chi connectivity index (χ0v) is 29.4. The van der Waals surface area contributed by atoms with Crippen LogP contribution in [-0.2, 0) is 19.2 Å². The molecule has 2 saturated heterocycles. The van der Waals surface area contributed by atoms with Gasteiger partial charge < -0.3 is 14.7 Å². The lowest BCUT2D eigenvalue weighted by atomic mass is 9.56. The van der Waals surface area contributed by atoms with E-state index in [0.29, 0.717) is 28.2 Å². The van der Waals surface area contributed by atoms with Crippen LogP contribution in [0.1, 0.15) is 31.2 Å². The molecule has 50 heavy (non-hydrogen) atoms. The Morgan fingerprint density at radius 1 is 0.900 bits per heavy atom. The normalized spacial score (nSPS) is 28.9. The number of allylic oxidation sites excluding steroid dienone is 2. The van der Waals surface area contributed by atoms with Gasteiger partial charge in [0.05, 0.1) is 35.5 Å². The van der Waals surface area contributed by atoms with Gasteiger partial charge in [0, 0.05) is 32.7 Å². The number of azo groups is 1. The third kappa shape index (κ3) is 4.92. The van der Waals surface area contributed by atoms with E-state index in [0.717, 1.165) is 10.6 Å². The van der Waals surface area contributed by atoms with Gasteiger partial charge in [0.1, 0.15) is 0 Å². The molecule has 2 heterocycles. The summed E-state index contributed by atoms with van der Waals surface area (Å²) in [4.78, 5) is 56.1. The van der Waals surface area contributed by atoms with E-state index < -0.39 is 51.1 Å². The highest BCUT2D eigenvalue weighted by atomic mass is 35.5. The number of alkyl halides is 2. The minimum Gasteiger partial charge on any atom is -0.504 e. The number of aromatic hydroxyl groups is 1. The first kappa shape index (κ1) is 33.7. The number of ether oxygens (including phenoxy) is 1. The summed E-state index contributed by atoms with van der Waals surface area (Å²) in [7, 11) is 5.25. The van der Waals surface area contributed by atoms with Gasteiger partial charge in [0.15, 0.2) is 21.2 Å². The monoisotopic (exact) mass is 715 g/mol. The highest BCUT2D eigenvalue weighted by molar-refractivity contribution is 6.53. The van der Waals surface area contributed by atoms with Crippen LogP contribution in [0.2, 0.25) is 0 Å². The molecule has 1 saturated carbocycles. The molecular weight excluding hydrogens is 681 g/mol. The predicted octanol–water partition coefficient (Wildman–Crippen LogP) is 6.47. The number of imide groups is 2. The number of amides is 4. The summed E-state index contributed by atoms with van der Waals surface area (Å²) in [6, 6.07) is 18.9. The number of hydrogen-bond acceptors (Lipinski definition) is 9. The third-order valence-electron chi connectivity index (χ3n) is 10.4. The zero-order chi connectivity index (χ0) is 35.7. The van der Waals surface area contributed by atoms with Crippen LogP contribution in [0.25, 0.3) is 0 Å². The van der Waals surface area contributed by atoms with Crippen molar-refractivity contribution in [1.82, 2.24) is 4.90 Å². The Kier molecular flexibility index (Phi) is 8.26. The fourth-order valence-corrected chi connectivity index (χ4v) is 8.97. The highest BCUT2D eigenvalue weighted by Gasteiger charge is 2.75. The standard InChI is InChI=1S/C37H35Cl2N5O6/c1-5-50-29-18-20(6-17-28(29)45)31-25-15-16-26-30(27(25)19-36(38)34(48)43(4)35(49)37(31,36)39)33(47)44(32(26)46)24-13-9-22(10-14-24)41-40-21-7-11-23(12-8-21)42(2)3/h6-15,17-18,26-27,30-31,45H,5,16,19H2,1-4H3/t26-,27+,30-,31-,36+,37-/m0/s1. The molecule has 258 valence electrons. The van der Waals surface area contributed by atoms with E-state index in [1.54, 1.807) is 43.3 Å². The van der Waals surface area contributed by atoms with Crippen LogP contribution in [-0.4, -0.2) is 71.1 Å². The van der Waals surface area contributed by atoms with Crippen LogP contribution in [0.15, 0.2) is 88.6 Å². The lowest BCUT2D eigenvalue weighted by molar-refractivity contribution is -0.138. The van der Waals surface area contributed by atoms with Crippen LogP contribution >= 0.6 is 23.2 Å².